The van der Waals surface area contributed by atoms with Gasteiger partial charge in [0.2, 0.25) is 0 Å². The lowest BCUT2D eigenvalue weighted by atomic mass is 9.91. The van der Waals surface area contributed by atoms with Gasteiger partial charge in [-0.2, -0.15) is 13.2 Å². The summed E-state index contributed by atoms with van der Waals surface area (Å²) < 4.78 is 39.7. The Morgan fingerprint density at radius 2 is 1.89 bits per heavy atom. The Labute approximate surface area is 160 Å². The summed E-state index contributed by atoms with van der Waals surface area (Å²) in [6.07, 6.45) is -2.47. The van der Waals surface area contributed by atoms with E-state index in [1.165, 1.54) is 6.07 Å². The number of likely N-dealkylation sites (tertiary alicyclic amines) is 1. The molecule has 144 valence electrons. The van der Waals surface area contributed by atoms with Crippen LogP contribution in [0.2, 0.25) is 5.02 Å². The highest BCUT2D eigenvalue weighted by molar-refractivity contribution is 6.31. The molecule has 1 aliphatic rings. The topological polar surface area (TPSA) is 40.5 Å². The predicted octanol–water partition coefficient (Wildman–Crippen LogP) is 5.39. The highest BCUT2D eigenvalue weighted by atomic mass is 35.5. The van der Waals surface area contributed by atoms with Gasteiger partial charge in [0, 0.05) is 5.02 Å². The number of carbonyl (C=O) groups is 1. The first-order valence-electron chi connectivity index (χ1n) is 8.69. The van der Waals surface area contributed by atoms with E-state index in [1.54, 1.807) is 35.2 Å². The number of benzene rings is 2. The van der Waals surface area contributed by atoms with Crippen LogP contribution < -0.4 is 0 Å². The fourth-order valence-corrected chi connectivity index (χ4v) is 3.90. The number of carboxylic acids is 1. The summed E-state index contributed by atoms with van der Waals surface area (Å²) in [6, 6.07) is 10.5. The molecule has 7 heteroatoms. The average molecular weight is 398 g/mol. The zero-order valence-electron chi connectivity index (χ0n) is 14.4. The maximum atomic E-state index is 13.2. The maximum absolute atomic E-state index is 13.2. The fourth-order valence-electron chi connectivity index (χ4n) is 3.66. The van der Waals surface area contributed by atoms with E-state index in [1.807, 2.05) is 0 Å². The first-order valence-corrected chi connectivity index (χ1v) is 9.07. The van der Waals surface area contributed by atoms with Gasteiger partial charge in [-0.15, -0.1) is 0 Å². The van der Waals surface area contributed by atoms with Gasteiger partial charge in [-0.25, -0.2) is 0 Å². The van der Waals surface area contributed by atoms with E-state index in [2.05, 4.69) is 0 Å². The minimum atomic E-state index is -4.48. The van der Waals surface area contributed by atoms with Crippen molar-refractivity contribution in [3.8, 4) is 0 Å². The molecule has 1 aliphatic heterocycles. The van der Waals surface area contributed by atoms with Gasteiger partial charge in [-0.3, -0.25) is 9.69 Å². The van der Waals surface area contributed by atoms with Gasteiger partial charge in [-0.1, -0.05) is 48.4 Å². The van der Waals surface area contributed by atoms with Gasteiger partial charge in [0.1, 0.15) is 6.04 Å². The largest absolute Gasteiger partial charge is 0.480 e. The highest BCUT2D eigenvalue weighted by Gasteiger charge is 2.37. The van der Waals surface area contributed by atoms with Crippen molar-refractivity contribution in [2.75, 3.05) is 6.54 Å². The smallest absolute Gasteiger partial charge is 0.416 e. The molecule has 3 nitrogen and oxygen atoms in total. The Kier molecular flexibility index (Phi) is 5.77. The number of hydrogen-bond acceptors (Lipinski definition) is 2. The van der Waals surface area contributed by atoms with E-state index in [4.69, 9.17) is 11.6 Å². The Morgan fingerprint density at radius 1 is 1.15 bits per heavy atom. The molecule has 27 heavy (non-hydrogen) atoms. The number of rotatable bonds is 4. The van der Waals surface area contributed by atoms with Crippen LogP contribution in [-0.4, -0.2) is 28.6 Å². The van der Waals surface area contributed by atoms with E-state index in [0.29, 0.717) is 29.1 Å². The van der Waals surface area contributed by atoms with E-state index < -0.39 is 29.8 Å². The molecular weight excluding hydrogens is 379 g/mol. The van der Waals surface area contributed by atoms with Gasteiger partial charge in [0.25, 0.3) is 0 Å². The van der Waals surface area contributed by atoms with E-state index in [9.17, 15) is 23.1 Å². The average Bonchev–Trinajstić information content (AvgIpc) is 2.63. The SMILES string of the molecule is O=C(O)C1CCCCN1C(c1cccc(C(F)(F)F)c1)c1ccccc1Cl. The van der Waals surface area contributed by atoms with Crippen molar-refractivity contribution in [3.63, 3.8) is 0 Å². The van der Waals surface area contributed by atoms with Crippen LogP contribution in [0.25, 0.3) is 0 Å². The van der Waals surface area contributed by atoms with Crippen molar-refractivity contribution in [1.29, 1.82) is 0 Å². The van der Waals surface area contributed by atoms with Crippen molar-refractivity contribution < 1.29 is 23.1 Å². The molecule has 0 radical (unpaired) electrons. The summed E-state index contributed by atoms with van der Waals surface area (Å²) in [7, 11) is 0. The molecule has 3 rings (SSSR count). The van der Waals surface area contributed by atoms with Crippen molar-refractivity contribution in [2.45, 2.75) is 37.5 Å². The van der Waals surface area contributed by atoms with Gasteiger partial charge < -0.3 is 5.11 Å². The van der Waals surface area contributed by atoms with Gasteiger partial charge >= 0.3 is 12.1 Å². The lowest BCUT2D eigenvalue weighted by Crippen LogP contribution is -2.47. The first kappa shape index (κ1) is 19.7. The minimum Gasteiger partial charge on any atom is -0.480 e. The molecule has 0 spiro atoms. The molecule has 0 amide bonds. The van der Waals surface area contributed by atoms with Gasteiger partial charge in [0.05, 0.1) is 11.6 Å². The summed E-state index contributed by atoms with van der Waals surface area (Å²) in [5, 5.41) is 10.0. The molecule has 1 saturated heterocycles. The summed E-state index contributed by atoms with van der Waals surface area (Å²) in [5.74, 6) is -0.973. The molecule has 0 aromatic heterocycles. The van der Waals surface area contributed by atoms with Crippen molar-refractivity contribution >= 4 is 17.6 Å². The zero-order chi connectivity index (χ0) is 19.6. The number of aliphatic carboxylic acids is 1. The lowest BCUT2D eigenvalue weighted by Gasteiger charge is -2.40. The van der Waals surface area contributed by atoms with Crippen LogP contribution in [0.5, 0.6) is 0 Å². The third-order valence-corrected chi connectivity index (χ3v) is 5.23. The normalized spacial score (nSPS) is 19.6. The second kappa shape index (κ2) is 7.90. The van der Waals surface area contributed by atoms with Crippen molar-refractivity contribution in [1.82, 2.24) is 4.90 Å². The number of halogens is 4. The third-order valence-electron chi connectivity index (χ3n) is 4.89. The molecule has 0 aliphatic carbocycles. The molecule has 2 atom stereocenters. The lowest BCUT2D eigenvalue weighted by molar-refractivity contribution is -0.145. The molecule has 2 unspecified atom stereocenters. The molecule has 2 aromatic carbocycles. The van der Waals surface area contributed by atoms with Gasteiger partial charge in [-0.05, 0) is 48.7 Å². The first-order chi connectivity index (χ1) is 12.8. The summed E-state index contributed by atoms with van der Waals surface area (Å²) in [4.78, 5) is 13.5. The molecule has 2 aromatic rings. The molecule has 0 bridgehead atoms. The second-order valence-electron chi connectivity index (χ2n) is 6.63. The van der Waals surface area contributed by atoms with Crippen LogP contribution in [0, 0.1) is 0 Å². The van der Waals surface area contributed by atoms with Crippen LogP contribution in [-0.2, 0) is 11.0 Å². The van der Waals surface area contributed by atoms with Crippen molar-refractivity contribution in [2.24, 2.45) is 0 Å². The third kappa shape index (κ3) is 4.28. The fraction of sp³-hybridized carbons (Fsp3) is 0.350. The van der Waals surface area contributed by atoms with Crippen LogP contribution in [0.1, 0.15) is 42.0 Å². The Morgan fingerprint density at radius 3 is 2.56 bits per heavy atom. The Balaban J connectivity index is 2.14. The standard InChI is InChI=1S/C20H19ClF3NO2/c21-16-9-2-1-8-15(16)18(25-11-4-3-10-17(25)19(26)27)13-6-5-7-14(12-13)20(22,23)24/h1-2,5-9,12,17-18H,3-4,10-11H2,(H,26,27). The predicted molar refractivity (Wildman–Crippen MR) is 96.7 cm³/mol. The molecule has 1 fully saturated rings. The zero-order valence-corrected chi connectivity index (χ0v) is 15.2. The van der Waals surface area contributed by atoms with Gasteiger partial charge in [0.15, 0.2) is 0 Å². The summed E-state index contributed by atoms with van der Waals surface area (Å²) in [5.41, 5.74) is 0.221. The van der Waals surface area contributed by atoms with E-state index in [0.717, 1.165) is 25.0 Å². The number of nitrogens with zero attached hydrogens (tertiary/aromatic N) is 1. The summed E-state index contributed by atoms with van der Waals surface area (Å²) in [6.45, 7) is 0.475. The minimum absolute atomic E-state index is 0.381. The van der Waals surface area contributed by atoms with Crippen LogP contribution >= 0.6 is 11.6 Å². The van der Waals surface area contributed by atoms with Crippen LogP contribution in [0.15, 0.2) is 48.5 Å². The quantitative estimate of drug-likeness (QED) is 0.752. The monoisotopic (exact) mass is 397 g/mol. The van der Waals surface area contributed by atoms with Crippen molar-refractivity contribution in [3.05, 3.63) is 70.2 Å². The Bertz CT molecular complexity index is 825. The Hall–Kier alpha value is -2.05. The number of piperidine rings is 1. The van der Waals surface area contributed by atoms with Crippen LogP contribution in [0.3, 0.4) is 0 Å². The molecule has 1 heterocycles. The number of alkyl halides is 3. The molecule has 0 saturated carbocycles. The second-order valence-corrected chi connectivity index (χ2v) is 7.04. The highest BCUT2D eigenvalue weighted by Crippen LogP contribution is 2.39. The number of hydrogen-bond donors (Lipinski definition) is 1. The molecule has 1 N–H and O–H groups in total. The van der Waals surface area contributed by atoms with E-state index in [-0.39, 0.29) is 0 Å². The molecular formula is C20H19ClF3NO2. The number of carboxylic acid groups (broad SMARTS) is 1. The van der Waals surface area contributed by atoms with Crippen LogP contribution in [0.4, 0.5) is 13.2 Å². The summed E-state index contributed by atoms with van der Waals surface area (Å²) >= 11 is 6.35. The van der Waals surface area contributed by atoms with E-state index >= 15 is 0 Å². The maximum Gasteiger partial charge on any atom is 0.416 e.